The quantitative estimate of drug-likeness (QED) is 0.664. The average molecular weight is 171 g/mol. The van der Waals surface area contributed by atoms with E-state index in [0.717, 1.165) is 13.0 Å². The van der Waals surface area contributed by atoms with E-state index in [2.05, 4.69) is 19.2 Å². The molecule has 1 saturated heterocycles. The van der Waals surface area contributed by atoms with Gasteiger partial charge >= 0.3 is 5.97 Å². The highest BCUT2D eigenvalue weighted by Crippen LogP contribution is 2.26. The van der Waals surface area contributed by atoms with Crippen molar-refractivity contribution in [1.82, 2.24) is 5.32 Å². The molecule has 0 aromatic carbocycles. The molecule has 3 heteroatoms. The Labute approximate surface area is 73.2 Å². The van der Waals surface area contributed by atoms with Crippen LogP contribution in [-0.2, 0) is 4.79 Å². The van der Waals surface area contributed by atoms with Crippen LogP contribution in [0.15, 0.2) is 0 Å². The fraction of sp³-hybridized carbons (Fsp3) is 0.889. The Morgan fingerprint density at radius 3 is 2.83 bits per heavy atom. The van der Waals surface area contributed by atoms with Crippen molar-refractivity contribution in [3.8, 4) is 0 Å². The van der Waals surface area contributed by atoms with Crippen molar-refractivity contribution in [2.75, 3.05) is 13.1 Å². The molecule has 0 aromatic rings. The first-order valence-corrected chi connectivity index (χ1v) is 4.60. The van der Waals surface area contributed by atoms with Gasteiger partial charge in [-0.1, -0.05) is 20.3 Å². The van der Waals surface area contributed by atoms with Gasteiger partial charge in [0.2, 0.25) is 0 Å². The predicted molar refractivity (Wildman–Crippen MR) is 46.9 cm³/mol. The third-order valence-corrected chi connectivity index (χ3v) is 2.95. The Hall–Kier alpha value is -0.570. The van der Waals surface area contributed by atoms with Crippen molar-refractivity contribution in [3.63, 3.8) is 0 Å². The van der Waals surface area contributed by atoms with E-state index in [0.29, 0.717) is 18.4 Å². The second kappa shape index (κ2) is 3.90. The number of aliphatic carboxylic acids is 1. The van der Waals surface area contributed by atoms with Crippen molar-refractivity contribution < 1.29 is 9.90 Å². The fourth-order valence-electron chi connectivity index (χ4n) is 1.87. The number of nitrogens with one attached hydrogen (secondary N) is 1. The minimum Gasteiger partial charge on any atom is -0.481 e. The molecule has 3 atom stereocenters. The molecule has 70 valence electrons. The standard InChI is InChI=1S/C9H17NO2/c1-3-6(2)7-4-10-5-8(7)9(11)12/h6-8,10H,3-5H2,1-2H3,(H,11,12). The summed E-state index contributed by atoms with van der Waals surface area (Å²) in [4.78, 5) is 10.8. The van der Waals surface area contributed by atoms with Crippen LogP contribution in [-0.4, -0.2) is 24.2 Å². The molecule has 0 amide bonds. The molecule has 1 heterocycles. The largest absolute Gasteiger partial charge is 0.481 e. The number of carbonyl (C=O) groups is 1. The van der Waals surface area contributed by atoms with Crippen molar-refractivity contribution in [3.05, 3.63) is 0 Å². The SMILES string of the molecule is CCC(C)C1CNCC1C(=O)O. The molecular formula is C9H17NO2. The lowest BCUT2D eigenvalue weighted by Gasteiger charge is -2.20. The van der Waals surface area contributed by atoms with Crippen LogP contribution in [0.1, 0.15) is 20.3 Å². The second-order valence-electron chi connectivity index (χ2n) is 3.65. The van der Waals surface area contributed by atoms with E-state index < -0.39 is 5.97 Å². The van der Waals surface area contributed by atoms with Gasteiger partial charge in [0, 0.05) is 6.54 Å². The topological polar surface area (TPSA) is 49.3 Å². The molecule has 0 aromatic heterocycles. The van der Waals surface area contributed by atoms with Crippen LogP contribution in [0.2, 0.25) is 0 Å². The normalized spacial score (nSPS) is 31.8. The zero-order valence-corrected chi connectivity index (χ0v) is 7.71. The molecule has 2 N–H and O–H groups in total. The predicted octanol–water partition coefficient (Wildman–Crippen LogP) is 0.953. The summed E-state index contributed by atoms with van der Waals surface area (Å²) in [7, 11) is 0. The first kappa shape index (κ1) is 9.52. The van der Waals surface area contributed by atoms with Crippen molar-refractivity contribution in [2.45, 2.75) is 20.3 Å². The Kier molecular flexibility index (Phi) is 3.09. The third-order valence-electron chi connectivity index (χ3n) is 2.95. The van der Waals surface area contributed by atoms with Gasteiger partial charge in [-0.05, 0) is 18.4 Å². The molecule has 12 heavy (non-hydrogen) atoms. The monoisotopic (exact) mass is 171 g/mol. The molecule has 0 saturated carbocycles. The number of hydrogen-bond donors (Lipinski definition) is 2. The fourth-order valence-corrected chi connectivity index (χ4v) is 1.87. The summed E-state index contributed by atoms with van der Waals surface area (Å²) in [6, 6.07) is 0. The van der Waals surface area contributed by atoms with Gasteiger partial charge in [0.25, 0.3) is 0 Å². The van der Waals surface area contributed by atoms with E-state index in [9.17, 15) is 4.79 Å². The van der Waals surface area contributed by atoms with Gasteiger partial charge in [-0.25, -0.2) is 0 Å². The molecule has 1 rings (SSSR count). The van der Waals surface area contributed by atoms with Gasteiger partial charge < -0.3 is 10.4 Å². The zero-order chi connectivity index (χ0) is 9.14. The van der Waals surface area contributed by atoms with E-state index >= 15 is 0 Å². The Morgan fingerprint density at radius 2 is 2.33 bits per heavy atom. The minimum absolute atomic E-state index is 0.167. The Morgan fingerprint density at radius 1 is 1.67 bits per heavy atom. The Bertz CT molecular complexity index is 170. The highest BCUT2D eigenvalue weighted by molar-refractivity contribution is 5.71. The molecule has 0 radical (unpaired) electrons. The maximum atomic E-state index is 10.8. The van der Waals surface area contributed by atoms with Gasteiger partial charge in [0.05, 0.1) is 5.92 Å². The van der Waals surface area contributed by atoms with E-state index in [1.807, 2.05) is 0 Å². The summed E-state index contributed by atoms with van der Waals surface area (Å²) < 4.78 is 0. The second-order valence-corrected chi connectivity index (χ2v) is 3.65. The maximum absolute atomic E-state index is 10.8. The number of hydrogen-bond acceptors (Lipinski definition) is 2. The van der Waals surface area contributed by atoms with E-state index in [1.54, 1.807) is 0 Å². The summed E-state index contributed by atoms with van der Waals surface area (Å²) in [5.74, 6) is 0.0267. The molecule has 3 unspecified atom stereocenters. The first-order valence-electron chi connectivity index (χ1n) is 4.60. The summed E-state index contributed by atoms with van der Waals surface area (Å²) in [6.45, 7) is 5.76. The number of carboxylic acids is 1. The van der Waals surface area contributed by atoms with Crippen LogP contribution in [0.25, 0.3) is 0 Å². The van der Waals surface area contributed by atoms with E-state index in [4.69, 9.17) is 5.11 Å². The Balaban J connectivity index is 2.57. The van der Waals surface area contributed by atoms with Crippen LogP contribution in [0.5, 0.6) is 0 Å². The van der Waals surface area contributed by atoms with Crippen molar-refractivity contribution in [1.29, 1.82) is 0 Å². The summed E-state index contributed by atoms with van der Waals surface area (Å²) >= 11 is 0. The summed E-state index contributed by atoms with van der Waals surface area (Å²) in [5.41, 5.74) is 0. The summed E-state index contributed by atoms with van der Waals surface area (Å²) in [5, 5.41) is 12.0. The van der Waals surface area contributed by atoms with E-state index in [-0.39, 0.29) is 5.92 Å². The molecule has 0 spiro atoms. The molecule has 1 aliphatic heterocycles. The summed E-state index contributed by atoms with van der Waals surface area (Å²) in [6.07, 6.45) is 1.07. The maximum Gasteiger partial charge on any atom is 0.308 e. The first-order chi connectivity index (χ1) is 5.66. The van der Waals surface area contributed by atoms with Crippen LogP contribution >= 0.6 is 0 Å². The highest BCUT2D eigenvalue weighted by atomic mass is 16.4. The van der Waals surface area contributed by atoms with Crippen molar-refractivity contribution in [2.24, 2.45) is 17.8 Å². The zero-order valence-electron chi connectivity index (χ0n) is 7.71. The lowest BCUT2D eigenvalue weighted by Crippen LogP contribution is -2.26. The third kappa shape index (κ3) is 1.78. The number of carboxylic acid groups (broad SMARTS) is 1. The van der Waals surface area contributed by atoms with Gasteiger partial charge in [0.1, 0.15) is 0 Å². The molecule has 3 nitrogen and oxygen atoms in total. The van der Waals surface area contributed by atoms with Crippen molar-refractivity contribution >= 4 is 5.97 Å². The average Bonchev–Trinajstić information content (AvgIpc) is 2.50. The minimum atomic E-state index is -0.648. The van der Waals surface area contributed by atoms with Crippen LogP contribution in [0.4, 0.5) is 0 Å². The smallest absolute Gasteiger partial charge is 0.308 e. The lowest BCUT2D eigenvalue weighted by atomic mass is 9.84. The van der Waals surface area contributed by atoms with Crippen LogP contribution in [0.3, 0.4) is 0 Å². The lowest BCUT2D eigenvalue weighted by molar-refractivity contribution is -0.142. The molecule has 1 aliphatic rings. The van der Waals surface area contributed by atoms with Gasteiger partial charge in [0.15, 0.2) is 0 Å². The molecule has 0 bridgehead atoms. The molecule has 1 fully saturated rings. The molecule has 0 aliphatic carbocycles. The highest BCUT2D eigenvalue weighted by Gasteiger charge is 2.35. The number of rotatable bonds is 3. The van der Waals surface area contributed by atoms with Crippen LogP contribution in [0, 0.1) is 17.8 Å². The van der Waals surface area contributed by atoms with E-state index in [1.165, 1.54) is 0 Å². The van der Waals surface area contributed by atoms with Gasteiger partial charge in [-0.3, -0.25) is 4.79 Å². The van der Waals surface area contributed by atoms with Gasteiger partial charge in [-0.2, -0.15) is 0 Å². The molecular weight excluding hydrogens is 154 g/mol. The van der Waals surface area contributed by atoms with Crippen LogP contribution < -0.4 is 5.32 Å². The van der Waals surface area contributed by atoms with Gasteiger partial charge in [-0.15, -0.1) is 0 Å².